The largest absolute Gasteiger partial charge is 0.513 e. The third-order valence-corrected chi connectivity index (χ3v) is 4.91. The van der Waals surface area contributed by atoms with Gasteiger partial charge in [-0.3, -0.25) is 4.79 Å². The summed E-state index contributed by atoms with van der Waals surface area (Å²) < 4.78 is 35.9. The predicted octanol–water partition coefficient (Wildman–Crippen LogP) is 5.17. The highest BCUT2D eigenvalue weighted by molar-refractivity contribution is 5.76. The minimum Gasteiger partial charge on any atom is -0.458 e. The van der Waals surface area contributed by atoms with E-state index < -0.39 is 42.7 Å². The van der Waals surface area contributed by atoms with E-state index in [1.165, 1.54) is 12.1 Å². The Morgan fingerprint density at radius 1 is 0.750 bits per heavy atom. The molecule has 0 amide bonds. The second kappa shape index (κ2) is 15.3. The number of hydrogen-bond donors (Lipinski definition) is 1. The second-order valence-corrected chi connectivity index (χ2v) is 11.6. The molecule has 3 atom stereocenters. The zero-order valence-electron chi connectivity index (χ0n) is 24.9. The molecule has 0 saturated heterocycles. The van der Waals surface area contributed by atoms with E-state index in [4.69, 9.17) is 38.9 Å². The lowest BCUT2D eigenvalue weighted by atomic mass is 9.99. The van der Waals surface area contributed by atoms with Crippen molar-refractivity contribution in [3.05, 3.63) is 23.8 Å². The van der Waals surface area contributed by atoms with Gasteiger partial charge in [-0.25, -0.2) is 14.4 Å². The van der Waals surface area contributed by atoms with E-state index in [0.29, 0.717) is 5.56 Å². The Hall–Kier alpha value is -3.54. The van der Waals surface area contributed by atoms with Crippen LogP contribution in [0.25, 0.3) is 0 Å². The lowest BCUT2D eigenvalue weighted by Gasteiger charge is -2.22. The maximum Gasteiger partial charge on any atom is 0.513 e. The van der Waals surface area contributed by atoms with Crippen LogP contribution in [-0.4, -0.2) is 62.5 Å². The van der Waals surface area contributed by atoms with E-state index >= 15 is 0 Å². The number of ether oxygens (including phenoxy) is 7. The summed E-state index contributed by atoms with van der Waals surface area (Å²) in [4.78, 5) is 48.6. The van der Waals surface area contributed by atoms with E-state index in [-0.39, 0.29) is 48.6 Å². The van der Waals surface area contributed by atoms with Crippen LogP contribution >= 0.6 is 0 Å². The van der Waals surface area contributed by atoms with Crippen LogP contribution in [0, 0.1) is 10.8 Å². The van der Waals surface area contributed by atoms with Gasteiger partial charge in [-0.2, -0.15) is 0 Å². The fourth-order valence-electron chi connectivity index (χ4n) is 2.74. The zero-order chi connectivity index (χ0) is 30.7. The standard InChI is InChI=1S/C28H43NO11/c1-10-34-24(31)38-18(3)17(2)37-23(30)20(29)13-19-11-12-21(39-25(32)35-15-27(4,5)6)22(14-19)40-26(33)36-16-28(7,8)9/h11-12,14,17-18,20H,10,13,15-16,29H2,1-9H3/t17-,18?,20-/m0/s1. The van der Waals surface area contributed by atoms with Gasteiger partial charge in [0.2, 0.25) is 0 Å². The molecule has 12 nitrogen and oxygen atoms in total. The summed E-state index contributed by atoms with van der Waals surface area (Å²) in [6, 6.07) is 3.22. The Balaban J connectivity index is 2.98. The average molecular weight is 570 g/mol. The summed E-state index contributed by atoms with van der Waals surface area (Å²) in [6.45, 7) is 16.4. The third-order valence-electron chi connectivity index (χ3n) is 4.91. The first-order chi connectivity index (χ1) is 18.4. The number of rotatable bonds is 11. The van der Waals surface area contributed by atoms with E-state index in [1.807, 2.05) is 41.5 Å². The van der Waals surface area contributed by atoms with Gasteiger partial charge in [0.1, 0.15) is 18.2 Å². The smallest absolute Gasteiger partial charge is 0.458 e. The van der Waals surface area contributed by atoms with Crippen LogP contribution in [0.4, 0.5) is 14.4 Å². The normalized spacial score (nSPS) is 13.8. The van der Waals surface area contributed by atoms with Crippen molar-refractivity contribution in [1.29, 1.82) is 0 Å². The van der Waals surface area contributed by atoms with Crippen LogP contribution in [0.15, 0.2) is 18.2 Å². The zero-order valence-corrected chi connectivity index (χ0v) is 24.9. The molecule has 226 valence electrons. The molecule has 0 aliphatic heterocycles. The molecule has 0 bridgehead atoms. The van der Waals surface area contributed by atoms with Crippen molar-refractivity contribution in [2.24, 2.45) is 16.6 Å². The molecule has 0 aliphatic carbocycles. The predicted molar refractivity (Wildman–Crippen MR) is 144 cm³/mol. The number of carbonyl (C=O) groups excluding carboxylic acids is 4. The molecule has 0 heterocycles. The Bertz CT molecular complexity index is 1010. The van der Waals surface area contributed by atoms with Gasteiger partial charge in [0, 0.05) is 0 Å². The molecule has 0 aromatic heterocycles. The van der Waals surface area contributed by atoms with Crippen molar-refractivity contribution in [2.75, 3.05) is 19.8 Å². The summed E-state index contributed by atoms with van der Waals surface area (Å²) >= 11 is 0. The van der Waals surface area contributed by atoms with Crippen molar-refractivity contribution in [3.8, 4) is 11.5 Å². The van der Waals surface area contributed by atoms with Crippen LogP contribution in [0.2, 0.25) is 0 Å². The van der Waals surface area contributed by atoms with Crippen LogP contribution in [0.1, 0.15) is 67.9 Å². The molecule has 2 N–H and O–H groups in total. The number of carbonyl (C=O) groups is 4. The summed E-state index contributed by atoms with van der Waals surface area (Å²) in [5, 5.41) is 0. The lowest BCUT2D eigenvalue weighted by molar-refractivity contribution is -0.155. The highest BCUT2D eigenvalue weighted by Crippen LogP contribution is 2.30. The number of hydrogen-bond acceptors (Lipinski definition) is 12. The van der Waals surface area contributed by atoms with E-state index in [0.717, 1.165) is 0 Å². The number of nitrogens with two attached hydrogens (primary N) is 1. The molecule has 1 aromatic rings. The van der Waals surface area contributed by atoms with Crippen LogP contribution < -0.4 is 15.2 Å². The van der Waals surface area contributed by atoms with E-state index in [9.17, 15) is 19.2 Å². The van der Waals surface area contributed by atoms with Gasteiger partial charge in [-0.05, 0) is 55.7 Å². The first kappa shape index (κ1) is 34.5. The van der Waals surface area contributed by atoms with Crippen molar-refractivity contribution in [1.82, 2.24) is 0 Å². The monoisotopic (exact) mass is 569 g/mol. The maximum atomic E-state index is 12.6. The molecule has 0 saturated carbocycles. The minimum absolute atomic E-state index is 0.0131. The fraction of sp³-hybridized carbons (Fsp3) is 0.643. The molecule has 40 heavy (non-hydrogen) atoms. The molecule has 0 aliphatic rings. The molecule has 0 radical (unpaired) electrons. The topological polar surface area (TPSA) is 159 Å². The van der Waals surface area contributed by atoms with Crippen LogP contribution in [-0.2, 0) is 34.9 Å². The molecule has 1 rings (SSSR count). The average Bonchev–Trinajstić information content (AvgIpc) is 2.82. The SMILES string of the molecule is CCOC(=O)OC(C)[C@H](C)OC(=O)[C@@H](N)Cc1ccc(OC(=O)OCC(C)(C)C)c(OC(=O)OCC(C)(C)C)c1. The van der Waals surface area contributed by atoms with Crippen LogP contribution in [0.5, 0.6) is 11.5 Å². The molecular weight excluding hydrogens is 526 g/mol. The Morgan fingerprint density at radius 3 is 1.75 bits per heavy atom. The molecule has 1 unspecified atom stereocenters. The van der Waals surface area contributed by atoms with Crippen molar-refractivity contribution >= 4 is 24.4 Å². The van der Waals surface area contributed by atoms with Gasteiger partial charge in [-0.15, -0.1) is 0 Å². The van der Waals surface area contributed by atoms with E-state index in [2.05, 4.69) is 0 Å². The van der Waals surface area contributed by atoms with Crippen molar-refractivity contribution < 1.29 is 52.3 Å². The summed E-state index contributed by atoms with van der Waals surface area (Å²) in [5.74, 6) is -0.968. The summed E-state index contributed by atoms with van der Waals surface area (Å²) in [7, 11) is 0. The van der Waals surface area contributed by atoms with Gasteiger partial charge in [0.25, 0.3) is 0 Å². The Morgan fingerprint density at radius 2 is 1.25 bits per heavy atom. The minimum atomic E-state index is -1.11. The summed E-state index contributed by atoms with van der Waals surface area (Å²) in [5.41, 5.74) is 5.93. The molecule has 12 heteroatoms. The lowest BCUT2D eigenvalue weighted by Crippen LogP contribution is -2.39. The second-order valence-electron chi connectivity index (χ2n) is 11.6. The highest BCUT2D eigenvalue weighted by atomic mass is 16.7. The molecule has 1 aromatic carbocycles. The van der Waals surface area contributed by atoms with Gasteiger partial charge >= 0.3 is 24.4 Å². The maximum absolute atomic E-state index is 12.6. The fourth-order valence-corrected chi connectivity index (χ4v) is 2.74. The Kier molecular flexibility index (Phi) is 13.2. The summed E-state index contributed by atoms with van der Waals surface area (Å²) in [6.07, 6.45) is -4.45. The first-order valence-electron chi connectivity index (χ1n) is 13.0. The van der Waals surface area contributed by atoms with E-state index in [1.54, 1.807) is 26.8 Å². The van der Waals surface area contributed by atoms with Crippen LogP contribution in [0.3, 0.4) is 0 Å². The Labute approximate surface area is 235 Å². The molecule has 0 spiro atoms. The quantitative estimate of drug-likeness (QED) is 0.212. The number of benzene rings is 1. The highest BCUT2D eigenvalue weighted by Gasteiger charge is 2.26. The third kappa shape index (κ3) is 14.0. The van der Waals surface area contributed by atoms with Crippen molar-refractivity contribution in [2.45, 2.75) is 87.0 Å². The molecular formula is C28H43NO11. The molecule has 0 fully saturated rings. The van der Waals surface area contributed by atoms with Gasteiger partial charge in [0.05, 0.1) is 19.8 Å². The van der Waals surface area contributed by atoms with Gasteiger partial charge in [-0.1, -0.05) is 47.6 Å². The van der Waals surface area contributed by atoms with Gasteiger partial charge in [0.15, 0.2) is 11.5 Å². The first-order valence-corrected chi connectivity index (χ1v) is 13.0. The van der Waals surface area contributed by atoms with Gasteiger partial charge < -0.3 is 38.9 Å². The number of esters is 1. The van der Waals surface area contributed by atoms with Crippen molar-refractivity contribution in [3.63, 3.8) is 0 Å².